The van der Waals surface area contributed by atoms with E-state index in [2.05, 4.69) is 20.6 Å². The maximum atomic E-state index is 5.50. The highest BCUT2D eigenvalue weighted by molar-refractivity contribution is 7.11. The molecule has 27 heavy (non-hydrogen) atoms. The second-order valence-corrected chi connectivity index (χ2v) is 7.14. The lowest BCUT2D eigenvalue weighted by Crippen LogP contribution is -2.37. The molecule has 0 radical (unpaired) electrons. The number of aliphatic imine (C=N–C) groups is 1. The van der Waals surface area contributed by atoms with E-state index in [1.807, 2.05) is 26.0 Å². The van der Waals surface area contributed by atoms with Crippen LogP contribution in [0.25, 0.3) is 0 Å². The number of rotatable bonds is 8. The lowest BCUT2D eigenvalue weighted by atomic mass is 10.1. The van der Waals surface area contributed by atoms with Gasteiger partial charge in [0.15, 0.2) is 5.96 Å². The highest BCUT2D eigenvalue weighted by atomic mass is 32.1. The molecule has 0 saturated carbocycles. The fraction of sp³-hybridized carbons (Fsp3) is 0.474. The lowest BCUT2D eigenvalue weighted by molar-refractivity contribution is 0.368. The van der Waals surface area contributed by atoms with Crippen molar-refractivity contribution in [3.8, 4) is 17.2 Å². The molecule has 0 spiro atoms. The molecule has 8 heteroatoms. The molecule has 0 fully saturated rings. The van der Waals surface area contributed by atoms with Crippen molar-refractivity contribution >= 4 is 17.3 Å². The SMILES string of the molecule is CN=C(NCCc1c(OC)cc(OC)cc1OC)NCc1sc(C)nc1C. The van der Waals surface area contributed by atoms with E-state index in [0.29, 0.717) is 18.8 Å². The minimum atomic E-state index is 0.680. The minimum absolute atomic E-state index is 0.680. The molecule has 0 bridgehead atoms. The largest absolute Gasteiger partial charge is 0.496 e. The summed E-state index contributed by atoms with van der Waals surface area (Å²) in [6, 6.07) is 3.72. The summed E-state index contributed by atoms with van der Waals surface area (Å²) in [6.45, 7) is 5.43. The molecule has 7 nitrogen and oxygen atoms in total. The molecule has 148 valence electrons. The Labute approximate surface area is 164 Å². The molecule has 2 rings (SSSR count). The number of nitrogens with one attached hydrogen (secondary N) is 2. The van der Waals surface area contributed by atoms with Crippen LogP contribution in [0.15, 0.2) is 17.1 Å². The first-order valence-corrected chi connectivity index (χ1v) is 9.50. The van der Waals surface area contributed by atoms with Gasteiger partial charge in [-0.3, -0.25) is 4.99 Å². The van der Waals surface area contributed by atoms with Gasteiger partial charge in [-0.05, 0) is 20.3 Å². The van der Waals surface area contributed by atoms with E-state index >= 15 is 0 Å². The van der Waals surface area contributed by atoms with Crippen molar-refractivity contribution in [1.82, 2.24) is 15.6 Å². The molecule has 1 aromatic heterocycles. The highest BCUT2D eigenvalue weighted by Crippen LogP contribution is 2.34. The smallest absolute Gasteiger partial charge is 0.191 e. The third-order valence-electron chi connectivity index (χ3n) is 4.12. The van der Waals surface area contributed by atoms with E-state index in [-0.39, 0.29) is 0 Å². The van der Waals surface area contributed by atoms with Crippen molar-refractivity contribution in [3.63, 3.8) is 0 Å². The molecular weight excluding hydrogens is 364 g/mol. The van der Waals surface area contributed by atoms with Gasteiger partial charge < -0.3 is 24.8 Å². The zero-order chi connectivity index (χ0) is 19.8. The van der Waals surface area contributed by atoms with Crippen LogP contribution in [-0.4, -0.2) is 45.9 Å². The van der Waals surface area contributed by atoms with Crippen molar-refractivity contribution in [2.45, 2.75) is 26.8 Å². The van der Waals surface area contributed by atoms with E-state index in [1.54, 1.807) is 39.7 Å². The maximum absolute atomic E-state index is 5.50. The van der Waals surface area contributed by atoms with Crippen LogP contribution in [0.3, 0.4) is 0 Å². The monoisotopic (exact) mass is 392 g/mol. The van der Waals surface area contributed by atoms with Crippen LogP contribution in [0.5, 0.6) is 17.2 Å². The molecule has 0 aliphatic rings. The standard InChI is InChI=1S/C19H28N4O3S/c1-12-18(27-13(2)23-12)11-22-19(20-3)21-8-7-15-16(25-5)9-14(24-4)10-17(15)26-6/h9-10H,7-8,11H2,1-6H3,(H2,20,21,22). The Kier molecular flexibility index (Phi) is 7.72. The first-order valence-electron chi connectivity index (χ1n) is 8.68. The molecule has 2 N–H and O–H groups in total. The topological polar surface area (TPSA) is 77.0 Å². The van der Waals surface area contributed by atoms with Gasteiger partial charge in [0.25, 0.3) is 0 Å². The Morgan fingerprint density at radius 3 is 2.22 bits per heavy atom. The van der Waals surface area contributed by atoms with E-state index in [9.17, 15) is 0 Å². The second-order valence-electron chi connectivity index (χ2n) is 5.85. The summed E-state index contributed by atoms with van der Waals surface area (Å²) in [5, 5.41) is 7.73. The van der Waals surface area contributed by atoms with Gasteiger partial charge in [0.2, 0.25) is 0 Å². The first-order chi connectivity index (χ1) is 13.0. The molecule has 0 aliphatic heterocycles. The summed E-state index contributed by atoms with van der Waals surface area (Å²) < 4.78 is 16.3. The Balaban J connectivity index is 1.96. The number of hydrogen-bond donors (Lipinski definition) is 2. The number of ether oxygens (including phenoxy) is 3. The zero-order valence-electron chi connectivity index (χ0n) is 16.8. The van der Waals surface area contributed by atoms with Crippen molar-refractivity contribution < 1.29 is 14.2 Å². The number of guanidine groups is 1. The van der Waals surface area contributed by atoms with Gasteiger partial charge >= 0.3 is 0 Å². The predicted octanol–water partition coefficient (Wildman–Crippen LogP) is 2.69. The molecule has 0 atom stereocenters. The summed E-state index contributed by atoms with van der Waals surface area (Å²) in [4.78, 5) is 9.95. The third-order valence-corrected chi connectivity index (χ3v) is 5.20. The average Bonchev–Trinajstić information content (AvgIpc) is 3.01. The molecule has 0 amide bonds. The summed E-state index contributed by atoms with van der Waals surface area (Å²) in [5.41, 5.74) is 2.05. The predicted molar refractivity (Wildman–Crippen MR) is 110 cm³/mol. The van der Waals surface area contributed by atoms with Crippen LogP contribution < -0.4 is 24.8 Å². The number of hydrogen-bond acceptors (Lipinski definition) is 6. The zero-order valence-corrected chi connectivity index (χ0v) is 17.6. The third kappa shape index (κ3) is 5.50. The van der Waals surface area contributed by atoms with E-state index in [4.69, 9.17) is 14.2 Å². The molecule has 2 aromatic rings. The van der Waals surface area contributed by atoms with Crippen LogP contribution in [-0.2, 0) is 13.0 Å². The number of aryl methyl sites for hydroxylation is 2. The number of methoxy groups -OCH3 is 3. The van der Waals surface area contributed by atoms with Crippen LogP contribution >= 0.6 is 11.3 Å². The van der Waals surface area contributed by atoms with Crippen molar-refractivity contribution in [2.24, 2.45) is 4.99 Å². The molecular formula is C19H28N4O3S. The molecule has 0 unspecified atom stereocenters. The fourth-order valence-electron chi connectivity index (χ4n) is 2.75. The normalized spacial score (nSPS) is 11.3. The Bertz CT molecular complexity index is 764. The summed E-state index contributed by atoms with van der Waals surface area (Å²) in [7, 11) is 6.67. The highest BCUT2D eigenvalue weighted by Gasteiger charge is 2.13. The van der Waals surface area contributed by atoms with Gasteiger partial charge in [-0.15, -0.1) is 11.3 Å². The Morgan fingerprint density at radius 1 is 1.07 bits per heavy atom. The van der Waals surface area contributed by atoms with Crippen LogP contribution in [0.2, 0.25) is 0 Å². The number of thiazole rings is 1. The van der Waals surface area contributed by atoms with Gasteiger partial charge in [0, 0.05) is 36.2 Å². The Morgan fingerprint density at radius 2 is 1.74 bits per heavy atom. The molecule has 0 aliphatic carbocycles. The fourth-order valence-corrected chi connectivity index (χ4v) is 3.63. The van der Waals surface area contributed by atoms with Crippen LogP contribution in [0.4, 0.5) is 0 Å². The first kappa shape index (κ1) is 20.8. The van der Waals surface area contributed by atoms with E-state index in [1.165, 1.54) is 4.88 Å². The molecule has 1 aromatic carbocycles. The maximum Gasteiger partial charge on any atom is 0.191 e. The Hall–Kier alpha value is -2.48. The van der Waals surface area contributed by atoms with Crippen molar-refractivity contribution in [1.29, 1.82) is 0 Å². The van der Waals surface area contributed by atoms with Crippen LogP contribution in [0, 0.1) is 13.8 Å². The van der Waals surface area contributed by atoms with Gasteiger partial charge in [-0.1, -0.05) is 0 Å². The lowest BCUT2D eigenvalue weighted by Gasteiger charge is -2.16. The van der Waals surface area contributed by atoms with Crippen molar-refractivity contribution in [3.05, 3.63) is 33.3 Å². The average molecular weight is 393 g/mol. The van der Waals surface area contributed by atoms with E-state index in [0.717, 1.165) is 40.1 Å². The number of benzene rings is 1. The summed E-state index contributed by atoms with van der Waals surface area (Å²) >= 11 is 1.70. The number of aromatic nitrogens is 1. The molecule has 0 saturated heterocycles. The van der Waals surface area contributed by atoms with Gasteiger partial charge in [0.05, 0.1) is 38.6 Å². The second kappa shape index (κ2) is 10.0. The van der Waals surface area contributed by atoms with Gasteiger partial charge in [0.1, 0.15) is 17.2 Å². The van der Waals surface area contributed by atoms with Crippen LogP contribution in [0.1, 0.15) is 21.1 Å². The number of nitrogens with zero attached hydrogens (tertiary/aromatic N) is 2. The van der Waals surface area contributed by atoms with E-state index < -0.39 is 0 Å². The van der Waals surface area contributed by atoms with Gasteiger partial charge in [-0.2, -0.15) is 0 Å². The van der Waals surface area contributed by atoms with Gasteiger partial charge in [-0.25, -0.2) is 4.98 Å². The molecule has 1 heterocycles. The van der Waals surface area contributed by atoms with Crippen molar-refractivity contribution in [2.75, 3.05) is 34.9 Å². The quantitative estimate of drug-likeness (QED) is 0.531. The summed E-state index contributed by atoms with van der Waals surface area (Å²) in [5.74, 6) is 2.93. The summed E-state index contributed by atoms with van der Waals surface area (Å²) in [6.07, 6.45) is 0.718. The minimum Gasteiger partial charge on any atom is -0.496 e.